The van der Waals surface area contributed by atoms with Crippen LogP contribution < -0.4 is 21.3 Å². The quantitative estimate of drug-likeness (QED) is 0.706. The van der Waals surface area contributed by atoms with E-state index in [0.717, 1.165) is 10.1 Å². The zero-order valence-corrected chi connectivity index (χ0v) is 13.8. The number of nitrogens with one attached hydrogen (secondary N) is 2. The molecule has 0 aliphatic heterocycles. The summed E-state index contributed by atoms with van der Waals surface area (Å²) in [6.45, 7) is 0.0667. The molecule has 1 amide bonds. The molecule has 3 aromatic rings. The average molecular weight is 351 g/mol. The average Bonchev–Trinajstić information content (AvgIpc) is 2.64. The minimum atomic E-state index is -0.625. The van der Waals surface area contributed by atoms with Gasteiger partial charge < -0.3 is 10.1 Å². The van der Waals surface area contributed by atoms with Gasteiger partial charge in [-0.25, -0.2) is 4.79 Å². The Morgan fingerprint density at radius 3 is 2.50 bits per heavy atom. The number of carbonyl (C=O) groups is 1. The maximum atomic E-state index is 12.1. The Balaban J connectivity index is 1.65. The molecule has 0 unspecified atom stereocenters. The molecule has 2 aromatic carbocycles. The number of aromatic amines is 1. The molecule has 0 fully saturated rings. The molecule has 0 bridgehead atoms. The van der Waals surface area contributed by atoms with Gasteiger partial charge >= 0.3 is 5.69 Å². The van der Waals surface area contributed by atoms with Gasteiger partial charge in [0.15, 0.2) is 0 Å². The molecule has 0 saturated heterocycles. The number of para-hydroxylation sites is 2. The first-order chi connectivity index (χ1) is 12.6. The minimum Gasteiger partial charge on any atom is -0.457 e. The number of hydrogen-bond donors (Lipinski definition) is 2. The molecule has 132 valence electrons. The Morgan fingerprint density at radius 2 is 1.73 bits per heavy atom. The van der Waals surface area contributed by atoms with E-state index in [-0.39, 0.29) is 19.0 Å². The van der Waals surface area contributed by atoms with E-state index < -0.39 is 11.2 Å². The molecule has 7 nitrogen and oxygen atoms in total. The third-order valence-electron chi connectivity index (χ3n) is 3.63. The van der Waals surface area contributed by atoms with Crippen LogP contribution >= 0.6 is 0 Å². The van der Waals surface area contributed by atoms with Crippen LogP contribution in [0.2, 0.25) is 0 Å². The molecule has 1 heterocycles. The second-order valence-electron chi connectivity index (χ2n) is 5.54. The standard InChI is InChI=1S/C19H17N3O4/c23-17-10-11-22(19(25)21-17)13-18(24)20-12-14-6-4-5-9-16(14)26-15-7-2-1-3-8-15/h1-11H,12-13H2,(H,20,24)(H,21,23,25). The molecule has 0 saturated carbocycles. The summed E-state index contributed by atoms with van der Waals surface area (Å²) in [5.74, 6) is 0.986. The molecule has 0 radical (unpaired) electrons. The minimum absolute atomic E-state index is 0.183. The molecule has 0 spiro atoms. The second-order valence-corrected chi connectivity index (χ2v) is 5.54. The van der Waals surface area contributed by atoms with Gasteiger partial charge in [0, 0.05) is 24.4 Å². The number of ether oxygens (including phenoxy) is 1. The van der Waals surface area contributed by atoms with Gasteiger partial charge in [-0.15, -0.1) is 0 Å². The highest BCUT2D eigenvalue weighted by Gasteiger charge is 2.08. The Morgan fingerprint density at radius 1 is 1.00 bits per heavy atom. The zero-order chi connectivity index (χ0) is 18.4. The third-order valence-corrected chi connectivity index (χ3v) is 3.63. The smallest absolute Gasteiger partial charge is 0.328 e. The number of H-pyrrole nitrogens is 1. The number of nitrogens with zero attached hydrogens (tertiary/aromatic N) is 1. The van der Waals surface area contributed by atoms with Crippen LogP contribution in [-0.4, -0.2) is 15.5 Å². The predicted octanol–water partition coefficient (Wildman–Crippen LogP) is 1.65. The van der Waals surface area contributed by atoms with Crippen molar-refractivity contribution in [3.8, 4) is 11.5 Å². The molecule has 7 heteroatoms. The van der Waals surface area contributed by atoms with Crippen molar-refractivity contribution in [3.63, 3.8) is 0 Å². The van der Waals surface area contributed by atoms with Gasteiger partial charge in [-0.3, -0.25) is 19.1 Å². The predicted molar refractivity (Wildman–Crippen MR) is 96.1 cm³/mol. The molecule has 1 aromatic heterocycles. The lowest BCUT2D eigenvalue weighted by Gasteiger charge is -2.12. The van der Waals surface area contributed by atoms with Crippen molar-refractivity contribution >= 4 is 5.91 Å². The van der Waals surface area contributed by atoms with Gasteiger partial charge in [0.2, 0.25) is 5.91 Å². The molecule has 0 aliphatic rings. The Bertz CT molecular complexity index is 1010. The molecule has 2 N–H and O–H groups in total. The maximum Gasteiger partial charge on any atom is 0.328 e. The summed E-state index contributed by atoms with van der Waals surface area (Å²) in [7, 11) is 0. The van der Waals surface area contributed by atoms with E-state index >= 15 is 0 Å². The van der Waals surface area contributed by atoms with Crippen molar-refractivity contribution in [2.24, 2.45) is 0 Å². The molecule has 0 atom stereocenters. The number of hydrogen-bond acceptors (Lipinski definition) is 4. The van der Waals surface area contributed by atoms with E-state index in [1.54, 1.807) is 0 Å². The van der Waals surface area contributed by atoms with Gasteiger partial charge in [0.05, 0.1) is 0 Å². The number of rotatable bonds is 6. The maximum absolute atomic E-state index is 12.1. The largest absolute Gasteiger partial charge is 0.457 e. The normalized spacial score (nSPS) is 10.3. The Kier molecular flexibility index (Phi) is 5.28. The monoisotopic (exact) mass is 351 g/mol. The molecular formula is C19H17N3O4. The van der Waals surface area contributed by atoms with Gasteiger partial charge in [0.25, 0.3) is 5.56 Å². The topological polar surface area (TPSA) is 93.2 Å². The number of aromatic nitrogens is 2. The second kappa shape index (κ2) is 7.98. The van der Waals surface area contributed by atoms with Crippen LogP contribution in [0.1, 0.15) is 5.56 Å². The fourth-order valence-corrected chi connectivity index (χ4v) is 2.34. The van der Waals surface area contributed by atoms with Crippen molar-refractivity contribution in [2.45, 2.75) is 13.1 Å². The number of benzene rings is 2. The Hall–Kier alpha value is -3.61. The summed E-state index contributed by atoms with van der Waals surface area (Å²) < 4.78 is 6.97. The van der Waals surface area contributed by atoms with Crippen molar-refractivity contribution in [1.82, 2.24) is 14.9 Å². The fourth-order valence-electron chi connectivity index (χ4n) is 2.34. The van der Waals surface area contributed by atoms with Crippen LogP contribution in [-0.2, 0) is 17.9 Å². The highest BCUT2D eigenvalue weighted by Crippen LogP contribution is 2.24. The van der Waals surface area contributed by atoms with Crippen LogP contribution in [0.4, 0.5) is 0 Å². The van der Waals surface area contributed by atoms with E-state index in [4.69, 9.17) is 4.74 Å². The molecule has 3 rings (SSSR count). The van der Waals surface area contributed by atoms with E-state index in [1.165, 1.54) is 12.3 Å². The van der Waals surface area contributed by atoms with Crippen LogP contribution in [0.25, 0.3) is 0 Å². The molecular weight excluding hydrogens is 334 g/mol. The zero-order valence-electron chi connectivity index (χ0n) is 13.8. The molecule has 26 heavy (non-hydrogen) atoms. The van der Waals surface area contributed by atoms with Crippen LogP contribution in [0.5, 0.6) is 11.5 Å². The lowest BCUT2D eigenvalue weighted by atomic mass is 10.2. The van der Waals surface area contributed by atoms with E-state index in [2.05, 4.69) is 10.3 Å². The summed E-state index contributed by atoms with van der Waals surface area (Å²) in [5, 5.41) is 2.74. The van der Waals surface area contributed by atoms with Crippen molar-refractivity contribution in [2.75, 3.05) is 0 Å². The van der Waals surface area contributed by atoms with E-state index in [9.17, 15) is 14.4 Å². The molecule has 0 aliphatic carbocycles. The van der Waals surface area contributed by atoms with E-state index in [0.29, 0.717) is 11.5 Å². The first-order valence-electron chi connectivity index (χ1n) is 7.99. The first-order valence-corrected chi connectivity index (χ1v) is 7.99. The van der Waals surface area contributed by atoms with Gasteiger partial charge in [-0.1, -0.05) is 36.4 Å². The first kappa shape index (κ1) is 17.2. The third kappa shape index (κ3) is 4.47. The van der Waals surface area contributed by atoms with Gasteiger partial charge in [-0.05, 0) is 18.2 Å². The highest BCUT2D eigenvalue weighted by molar-refractivity contribution is 5.75. The summed E-state index contributed by atoms with van der Waals surface area (Å²) in [6, 6.07) is 17.9. The summed E-state index contributed by atoms with van der Waals surface area (Å²) in [5.41, 5.74) is -0.322. The van der Waals surface area contributed by atoms with Crippen molar-refractivity contribution in [1.29, 1.82) is 0 Å². The van der Waals surface area contributed by atoms with Gasteiger partial charge in [-0.2, -0.15) is 0 Å². The van der Waals surface area contributed by atoms with Crippen molar-refractivity contribution < 1.29 is 9.53 Å². The Labute approximate surface area is 148 Å². The fraction of sp³-hybridized carbons (Fsp3) is 0.105. The van der Waals surface area contributed by atoms with Gasteiger partial charge in [0.1, 0.15) is 18.0 Å². The number of amides is 1. The lowest BCUT2D eigenvalue weighted by Crippen LogP contribution is -2.35. The SMILES string of the molecule is O=C(Cn1ccc(=O)[nH]c1=O)NCc1ccccc1Oc1ccccc1. The summed E-state index contributed by atoms with van der Waals surface area (Å²) in [6.07, 6.45) is 1.28. The summed E-state index contributed by atoms with van der Waals surface area (Å²) in [4.78, 5) is 36.9. The van der Waals surface area contributed by atoms with Crippen LogP contribution in [0.15, 0.2) is 76.4 Å². The van der Waals surface area contributed by atoms with Crippen LogP contribution in [0.3, 0.4) is 0 Å². The number of carbonyl (C=O) groups excluding carboxylic acids is 1. The van der Waals surface area contributed by atoms with E-state index in [1.807, 2.05) is 54.6 Å². The highest BCUT2D eigenvalue weighted by atomic mass is 16.5. The van der Waals surface area contributed by atoms with Crippen molar-refractivity contribution in [3.05, 3.63) is 93.3 Å². The van der Waals surface area contributed by atoms with Crippen LogP contribution in [0, 0.1) is 0 Å². The summed E-state index contributed by atoms with van der Waals surface area (Å²) >= 11 is 0. The lowest BCUT2D eigenvalue weighted by molar-refractivity contribution is -0.121.